The zero-order chi connectivity index (χ0) is 21.3. The van der Waals surface area contributed by atoms with E-state index in [9.17, 15) is 34.8 Å². The van der Waals surface area contributed by atoms with Crippen LogP contribution in [0.5, 0.6) is 0 Å². The monoisotopic (exact) mass is 441 g/mol. The Hall–Kier alpha value is -0.383. The second kappa shape index (κ2) is 7.70. The highest BCUT2D eigenvalue weighted by Crippen LogP contribution is 2.44. The molecule has 0 heterocycles. The van der Waals surface area contributed by atoms with E-state index in [0.717, 1.165) is 0 Å². The van der Waals surface area contributed by atoms with Crippen LogP contribution in [0.25, 0.3) is 0 Å². The molecule has 0 aliphatic heterocycles. The van der Waals surface area contributed by atoms with Crippen molar-refractivity contribution in [1.29, 1.82) is 0 Å². The molecule has 154 valence electrons. The van der Waals surface area contributed by atoms with Crippen molar-refractivity contribution in [1.82, 2.24) is 0 Å². The lowest BCUT2D eigenvalue weighted by Gasteiger charge is -2.37. The van der Waals surface area contributed by atoms with E-state index in [-0.39, 0.29) is 0 Å². The van der Waals surface area contributed by atoms with Crippen LogP contribution in [0.2, 0.25) is 10.1 Å². The molecule has 0 bridgehead atoms. The van der Waals surface area contributed by atoms with Crippen LogP contribution in [0, 0.1) is 0 Å². The molecule has 15 heteroatoms. The average Bonchev–Trinajstić information content (AvgIpc) is 2.19. The Labute approximate surface area is 144 Å². The van der Waals surface area contributed by atoms with Crippen LogP contribution < -0.4 is 0 Å². The van der Waals surface area contributed by atoms with Crippen molar-refractivity contribution in [3.05, 3.63) is 0 Å². The molecule has 0 saturated heterocycles. The van der Waals surface area contributed by atoms with Gasteiger partial charge in [0.15, 0.2) is 10.1 Å². The van der Waals surface area contributed by atoms with Gasteiger partial charge >= 0.3 is 21.1 Å². The summed E-state index contributed by atoms with van der Waals surface area (Å²) in [5.74, 6) is 0. The quantitative estimate of drug-likeness (QED) is 0.282. The number of hydrogen-bond donors (Lipinski definition) is 0. The fraction of sp³-hybridized carbons (Fsp3) is 1.00. The highest BCUT2D eigenvalue weighted by molar-refractivity contribution is 7.88. The van der Waals surface area contributed by atoms with Gasteiger partial charge in [0, 0.05) is 0 Å². The zero-order valence-electron chi connectivity index (χ0n) is 14.1. The van der Waals surface area contributed by atoms with Crippen LogP contribution in [-0.2, 0) is 24.1 Å². The van der Waals surface area contributed by atoms with E-state index >= 15 is 0 Å². The molecular formula is C10H19F6O6S2Si-. The predicted octanol–water partition coefficient (Wildman–Crippen LogP) is 3.23. The SMILES string of the molecule is CC(C)(C)[SiH](OS(=O)(=O)C(F)(F)F)C(C)(C)C.O=S(=O)([O-])C(F)(F)F. The Morgan fingerprint density at radius 1 is 0.720 bits per heavy atom. The van der Waals surface area contributed by atoms with Crippen LogP contribution in [0.15, 0.2) is 0 Å². The van der Waals surface area contributed by atoms with Gasteiger partial charge in [-0.25, -0.2) is 8.42 Å². The van der Waals surface area contributed by atoms with Crippen molar-refractivity contribution in [3.8, 4) is 0 Å². The number of rotatable bonds is 2. The summed E-state index contributed by atoms with van der Waals surface area (Å²) >= 11 is 0. The smallest absolute Gasteiger partial charge is 0.522 e. The lowest BCUT2D eigenvalue weighted by molar-refractivity contribution is -0.0519. The van der Waals surface area contributed by atoms with Gasteiger partial charge in [-0.3, -0.25) is 0 Å². The standard InChI is InChI=1S/C9H19F3O3SSi.CHF3O3S/c1-7(2,3)17(8(4,5)6)15-16(13,14)9(10,11)12;2-1(3,4)8(5,6)7/h17H,1-6H3;(H,5,6,7)/p-1. The van der Waals surface area contributed by atoms with Gasteiger partial charge in [-0.05, 0) is 10.1 Å². The third-order valence-electron chi connectivity index (χ3n) is 2.36. The van der Waals surface area contributed by atoms with Crippen LogP contribution in [-0.4, -0.2) is 41.4 Å². The van der Waals surface area contributed by atoms with Gasteiger partial charge in [-0.1, -0.05) is 41.5 Å². The number of alkyl halides is 6. The highest BCUT2D eigenvalue weighted by Gasteiger charge is 2.52. The van der Waals surface area contributed by atoms with Gasteiger partial charge in [0.2, 0.25) is 9.04 Å². The molecule has 0 spiro atoms. The summed E-state index contributed by atoms with van der Waals surface area (Å²) in [4.78, 5) is 0. The van der Waals surface area contributed by atoms with Crippen molar-refractivity contribution < 1.29 is 51.6 Å². The average molecular weight is 441 g/mol. The number of hydrogen-bond acceptors (Lipinski definition) is 6. The zero-order valence-corrected chi connectivity index (χ0v) is 16.9. The second-order valence-electron chi connectivity index (χ2n) is 7.01. The molecule has 0 unspecified atom stereocenters. The maximum absolute atomic E-state index is 12.3. The predicted molar refractivity (Wildman–Crippen MR) is 78.4 cm³/mol. The minimum Gasteiger partial charge on any atom is -0.741 e. The Morgan fingerprint density at radius 3 is 1.08 bits per heavy atom. The Morgan fingerprint density at radius 2 is 0.960 bits per heavy atom. The van der Waals surface area contributed by atoms with E-state index in [1.54, 1.807) is 41.5 Å². The van der Waals surface area contributed by atoms with E-state index < -0.39 is 50.4 Å². The lowest BCUT2D eigenvalue weighted by Crippen LogP contribution is -2.43. The third-order valence-corrected chi connectivity index (χ3v) is 8.43. The van der Waals surface area contributed by atoms with Crippen molar-refractivity contribution in [2.75, 3.05) is 0 Å². The van der Waals surface area contributed by atoms with Crippen LogP contribution in [0.3, 0.4) is 0 Å². The maximum atomic E-state index is 12.3. The first-order valence-electron chi connectivity index (χ1n) is 6.36. The molecule has 0 rings (SSSR count). The van der Waals surface area contributed by atoms with Crippen molar-refractivity contribution in [3.63, 3.8) is 0 Å². The van der Waals surface area contributed by atoms with Gasteiger partial charge in [-0.15, -0.1) is 0 Å². The van der Waals surface area contributed by atoms with Gasteiger partial charge < -0.3 is 8.42 Å². The van der Waals surface area contributed by atoms with Crippen LogP contribution in [0.1, 0.15) is 41.5 Å². The summed E-state index contributed by atoms with van der Waals surface area (Å²) in [6.45, 7) is 10.2. The van der Waals surface area contributed by atoms with Gasteiger partial charge in [0.05, 0.1) is 0 Å². The molecule has 0 atom stereocenters. The van der Waals surface area contributed by atoms with Crippen molar-refractivity contribution in [2.45, 2.75) is 62.6 Å². The second-order valence-corrected chi connectivity index (χ2v) is 14.7. The van der Waals surface area contributed by atoms with E-state index in [2.05, 4.69) is 3.87 Å². The molecule has 0 amide bonds. The van der Waals surface area contributed by atoms with Gasteiger partial charge in [0.25, 0.3) is 0 Å². The third kappa shape index (κ3) is 9.21. The fourth-order valence-corrected chi connectivity index (χ4v) is 8.13. The molecule has 0 radical (unpaired) electrons. The van der Waals surface area contributed by atoms with E-state index in [4.69, 9.17) is 13.0 Å². The molecular weight excluding hydrogens is 422 g/mol. The first-order chi connectivity index (χ1) is 10.3. The minimum atomic E-state index is -6.09. The molecule has 0 N–H and O–H groups in total. The van der Waals surface area contributed by atoms with E-state index in [1.165, 1.54) is 0 Å². The molecule has 0 fully saturated rings. The Kier molecular flexibility index (Phi) is 8.26. The summed E-state index contributed by atoms with van der Waals surface area (Å²) in [6.07, 6.45) is 0. The fourth-order valence-electron chi connectivity index (χ4n) is 1.77. The summed E-state index contributed by atoms with van der Waals surface area (Å²) < 4.78 is 122. The molecule has 0 aromatic rings. The van der Waals surface area contributed by atoms with Crippen LogP contribution in [0.4, 0.5) is 26.3 Å². The van der Waals surface area contributed by atoms with Gasteiger partial charge in [0.1, 0.15) is 0 Å². The molecule has 0 aliphatic carbocycles. The van der Waals surface area contributed by atoms with Crippen molar-refractivity contribution >= 4 is 29.3 Å². The summed E-state index contributed by atoms with van der Waals surface area (Å²) in [5.41, 5.74) is -11.0. The first kappa shape index (κ1) is 26.8. The maximum Gasteiger partial charge on any atom is 0.522 e. The topological polar surface area (TPSA) is 101 Å². The van der Waals surface area contributed by atoms with E-state index in [0.29, 0.717) is 0 Å². The Bertz CT molecular complexity index is 625. The largest absolute Gasteiger partial charge is 0.741 e. The molecule has 0 aromatic heterocycles. The summed E-state index contributed by atoms with van der Waals surface area (Å²) in [6, 6.07) is 0. The lowest BCUT2D eigenvalue weighted by atomic mass is 10.2. The highest BCUT2D eigenvalue weighted by atomic mass is 32.2. The van der Waals surface area contributed by atoms with Crippen LogP contribution >= 0.6 is 0 Å². The van der Waals surface area contributed by atoms with E-state index in [1.807, 2.05) is 0 Å². The number of halogens is 6. The van der Waals surface area contributed by atoms with Gasteiger partial charge in [-0.2, -0.15) is 34.8 Å². The molecule has 0 aliphatic rings. The summed E-state index contributed by atoms with van der Waals surface area (Å²) in [7, 11) is -14.2. The first-order valence-corrected chi connectivity index (χ1v) is 10.8. The molecule has 6 nitrogen and oxygen atoms in total. The molecule has 0 saturated carbocycles. The minimum absolute atomic E-state index is 0.587. The summed E-state index contributed by atoms with van der Waals surface area (Å²) in [5, 5.41) is -1.17. The Balaban J connectivity index is 0. The van der Waals surface area contributed by atoms with Crippen molar-refractivity contribution in [2.24, 2.45) is 0 Å². The molecule has 25 heavy (non-hydrogen) atoms. The normalized spacial score (nSPS) is 15.0. The molecule has 0 aromatic carbocycles.